The summed E-state index contributed by atoms with van der Waals surface area (Å²) < 4.78 is 0. The number of carbonyl (C=O) groups excluding carboxylic acids is 2. The maximum Gasteiger partial charge on any atom is 0.254 e. The molecule has 2 aromatic heterocycles. The second-order valence-electron chi connectivity index (χ2n) is 7.58. The SMILES string of the molecule is NC(=O)CCC1CCCN(C(=O)c2cc(-c3cccnc3)nc3ccccc23)C1. The number of carbonyl (C=O) groups is 2. The van der Waals surface area contributed by atoms with E-state index >= 15 is 0 Å². The molecule has 3 aromatic rings. The third kappa shape index (κ3) is 4.26. The topological polar surface area (TPSA) is 89.2 Å². The third-order valence-electron chi connectivity index (χ3n) is 5.51. The molecule has 148 valence electrons. The van der Waals surface area contributed by atoms with Crippen molar-refractivity contribution in [1.29, 1.82) is 0 Å². The number of primary amides is 1. The zero-order valence-corrected chi connectivity index (χ0v) is 16.3. The van der Waals surface area contributed by atoms with Gasteiger partial charge >= 0.3 is 0 Å². The fourth-order valence-electron chi connectivity index (χ4n) is 4.02. The van der Waals surface area contributed by atoms with Gasteiger partial charge in [0.1, 0.15) is 0 Å². The Balaban J connectivity index is 1.67. The van der Waals surface area contributed by atoms with Crippen LogP contribution in [0, 0.1) is 5.92 Å². The zero-order valence-electron chi connectivity index (χ0n) is 16.3. The van der Waals surface area contributed by atoms with E-state index < -0.39 is 0 Å². The van der Waals surface area contributed by atoms with Crippen LogP contribution in [0.5, 0.6) is 0 Å². The Kier molecular flexibility index (Phi) is 5.51. The first kappa shape index (κ1) is 19.1. The number of amides is 2. The van der Waals surface area contributed by atoms with Gasteiger partial charge in [-0.2, -0.15) is 0 Å². The minimum atomic E-state index is -0.283. The number of nitrogens with zero attached hydrogens (tertiary/aromatic N) is 3. The number of aromatic nitrogens is 2. The summed E-state index contributed by atoms with van der Waals surface area (Å²) in [5, 5.41) is 0.851. The van der Waals surface area contributed by atoms with Crippen LogP contribution in [0.3, 0.4) is 0 Å². The van der Waals surface area contributed by atoms with Gasteiger partial charge < -0.3 is 10.6 Å². The summed E-state index contributed by atoms with van der Waals surface area (Å²) in [6.45, 7) is 1.38. The molecule has 1 unspecified atom stereocenters. The van der Waals surface area contributed by atoms with Crippen LogP contribution < -0.4 is 5.73 Å². The molecule has 3 heterocycles. The normalized spacial score (nSPS) is 16.7. The van der Waals surface area contributed by atoms with E-state index in [4.69, 9.17) is 10.7 Å². The van der Waals surface area contributed by atoms with Crippen molar-refractivity contribution in [3.8, 4) is 11.3 Å². The fourth-order valence-corrected chi connectivity index (χ4v) is 4.02. The average Bonchev–Trinajstić information content (AvgIpc) is 2.77. The van der Waals surface area contributed by atoms with Crippen LogP contribution in [0.25, 0.3) is 22.2 Å². The van der Waals surface area contributed by atoms with E-state index in [0.717, 1.165) is 48.0 Å². The number of hydrogen-bond acceptors (Lipinski definition) is 4. The van der Waals surface area contributed by atoms with Crippen molar-refractivity contribution in [2.75, 3.05) is 13.1 Å². The van der Waals surface area contributed by atoms with Crippen LogP contribution in [-0.4, -0.2) is 39.8 Å². The summed E-state index contributed by atoms with van der Waals surface area (Å²) >= 11 is 0. The van der Waals surface area contributed by atoms with E-state index in [1.165, 1.54) is 0 Å². The molecule has 1 aliphatic rings. The van der Waals surface area contributed by atoms with Gasteiger partial charge in [-0.25, -0.2) is 4.98 Å². The van der Waals surface area contributed by atoms with Crippen molar-refractivity contribution in [3.63, 3.8) is 0 Å². The number of hydrogen-bond donors (Lipinski definition) is 1. The quantitative estimate of drug-likeness (QED) is 0.725. The minimum absolute atomic E-state index is 0.0116. The first-order valence-corrected chi connectivity index (χ1v) is 9.99. The summed E-state index contributed by atoms with van der Waals surface area (Å²) in [6, 6.07) is 13.4. The molecular formula is C23H24N4O2. The molecule has 0 bridgehead atoms. The Bertz CT molecular complexity index is 1040. The van der Waals surface area contributed by atoms with Crippen LogP contribution in [0.4, 0.5) is 0 Å². The second kappa shape index (κ2) is 8.39. The van der Waals surface area contributed by atoms with Crippen molar-refractivity contribution in [3.05, 3.63) is 60.4 Å². The lowest BCUT2D eigenvalue weighted by molar-refractivity contribution is -0.118. The highest BCUT2D eigenvalue weighted by molar-refractivity contribution is 6.07. The van der Waals surface area contributed by atoms with E-state index in [-0.39, 0.29) is 11.8 Å². The van der Waals surface area contributed by atoms with Gasteiger partial charge in [0, 0.05) is 42.9 Å². The number of pyridine rings is 2. The summed E-state index contributed by atoms with van der Waals surface area (Å²) in [6.07, 6.45) is 6.54. The molecule has 4 rings (SSSR count). The first-order valence-electron chi connectivity index (χ1n) is 9.99. The Morgan fingerprint density at radius 3 is 2.83 bits per heavy atom. The van der Waals surface area contributed by atoms with Gasteiger partial charge in [-0.15, -0.1) is 0 Å². The van der Waals surface area contributed by atoms with E-state index in [1.807, 2.05) is 47.4 Å². The Morgan fingerprint density at radius 2 is 2.03 bits per heavy atom. The lowest BCUT2D eigenvalue weighted by Gasteiger charge is -2.33. The summed E-state index contributed by atoms with van der Waals surface area (Å²) in [7, 11) is 0. The van der Waals surface area contributed by atoms with Crippen LogP contribution >= 0.6 is 0 Å². The number of fused-ring (bicyclic) bond motifs is 1. The van der Waals surface area contributed by atoms with E-state index in [0.29, 0.717) is 24.4 Å². The van der Waals surface area contributed by atoms with Gasteiger partial charge in [-0.1, -0.05) is 18.2 Å². The van der Waals surface area contributed by atoms with Gasteiger partial charge in [0.2, 0.25) is 5.91 Å². The number of rotatable bonds is 5. The Hall–Kier alpha value is -3.28. The molecule has 6 heteroatoms. The zero-order chi connectivity index (χ0) is 20.2. The molecule has 0 aliphatic carbocycles. The molecule has 0 radical (unpaired) electrons. The maximum atomic E-state index is 13.5. The lowest BCUT2D eigenvalue weighted by Crippen LogP contribution is -2.40. The lowest BCUT2D eigenvalue weighted by atomic mass is 9.92. The van der Waals surface area contributed by atoms with Gasteiger partial charge in [-0.05, 0) is 49.4 Å². The number of para-hydroxylation sites is 1. The van der Waals surface area contributed by atoms with Gasteiger partial charge in [-0.3, -0.25) is 14.6 Å². The molecule has 6 nitrogen and oxygen atoms in total. The molecule has 2 amide bonds. The second-order valence-corrected chi connectivity index (χ2v) is 7.58. The van der Waals surface area contributed by atoms with Crippen molar-refractivity contribution in [1.82, 2.24) is 14.9 Å². The van der Waals surface area contributed by atoms with Gasteiger partial charge in [0.05, 0.1) is 16.8 Å². The molecule has 1 aromatic carbocycles. The van der Waals surface area contributed by atoms with Gasteiger partial charge in [0.25, 0.3) is 5.91 Å². The van der Waals surface area contributed by atoms with Crippen LogP contribution in [0.15, 0.2) is 54.9 Å². The third-order valence-corrected chi connectivity index (χ3v) is 5.51. The highest BCUT2D eigenvalue weighted by Crippen LogP contribution is 2.28. The highest BCUT2D eigenvalue weighted by atomic mass is 16.2. The smallest absolute Gasteiger partial charge is 0.254 e. The first-order chi connectivity index (χ1) is 14.1. The molecule has 0 spiro atoms. The van der Waals surface area contributed by atoms with E-state index in [9.17, 15) is 9.59 Å². The molecule has 1 fully saturated rings. The summed E-state index contributed by atoms with van der Waals surface area (Å²) in [4.78, 5) is 35.4. The van der Waals surface area contributed by atoms with Crippen molar-refractivity contribution >= 4 is 22.7 Å². The highest BCUT2D eigenvalue weighted by Gasteiger charge is 2.26. The van der Waals surface area contributed by atoms with Crippen LogP contribution in [0.2, 0.25) is 0 Å². The predicted octanol–water partition coefficient (Wildman–Crippen LogP) is 3.41. The number of piperidine rings is 1. The predicted molar refractivity (Wildman–Crippen MR) is 112 cm³/mol. The Morgan fingerprint density at radius 1 is 1.17 bits per heavy atom. The number of nitrogens with two attached hydrogens (primary N) is 1. The largest absolute Gasteiger partial charge is 0.370 e. The molecule has 0 saturated carbocycles. The summed E-state index contributed by atoms with van der Waals surface area (Å²) in [5.41, 5.74) is 8.36. The van der Waals surface area contributed by atoms with Crippen LogP contribution in [-0.2, 0) is 4.79 Å². The number of benzene rings is 1. The fraction of sp³-hybridized carbons (Fsp3) is 0.304. The molecular weight excluding hydrogens is 364 g/mol. The molecule has 2 N–H and O–H groups in total. The van der Waals surface area contributed by atoms with Gasteiger partial charge in [0.15, 0.2) is 0 Å². The molecule has 1 atom stereocenters. The van der Waals surface area contributed by atoms with Crippen molar-refractivity contribution in [2.45, 2.75) is 25.7 Å². The van der Waals surface area contributed by atoms with E-state index in [2.05, 4.69) is 4.98 Å². The molecule has 29 heavy (non-hydrogen) atoms. The van der Waals surface area contributed by atoms with Crippen molar-refractivity contribution < 1.29 is 9.59 Å². The summed E-state index contributed by atoms with van der Waals surface area (Å²) in [5.74, 6) is 0.0401. The van der Waals surface area contributed by atoms with Crippen LogP contribution in [0.1, 0.15) is 36.0 Å². The molecule has 1 aliphatic heterocycles. The minimum Gasteiger partial charge on any atom is -0.370 e. The number of likely N-dealkylation sites (tertiary alicyclic amines) is 1. The van der Waals surface area contributed by atoms with E-state index in [1.54, 1.807) is 12.4 Å². The Labute approximate surface area is 169 Å². The average molecular weight is 388 g/mol. The monoisotopic (exact) mass is 388 g/mol. The maximum absolute atomic E-state index is 13.5. The standard InChI is InChI=1S/C23H24N4O2/c24-22(28)10-9-16-5-4-12-27(15-16)23(29)19-13-21(17-6-3-11-25-14-17)26-20-8-2-1-7-18(19)20/h1-3,6-8,11,13-14,16H,4-5,9-10,12,15H2,(H2,24,28). The molecule has 1 saturated heterocycles. The van der Waals surface area contributed by atoms with Crippen molar-refractivity contribution in [2.24, 2.45) is 11.7 Å².